The van der Waals surface area contributed by atoms with E-state index in [1.807, 2.05) is 24.3 Å². The lowest BCUT2D eigenvalue weighted by Gasteiger charge is -2.30. The second-order valence-corrected chi connectivity index (χ2v) is 10.2. The molecule has 0 saturated carbocycles. The van der Waals surface area contributed by atoms with Gasteiger partial charge in [0.25, 0.3) is 0 Å². The van der Waals surface area contributed by atoms with Crippen LogP contribution in [0.5, 0.6) is 0 Å². The van der Waals surface area contributed by atoms with Crippen molar-refractivity contribution in [3.63, 3.8) is 0 Å². The first-order chi connectivity index (χ1) is 15.8. The standard InChI is InChI=1S/C24H23ClN2O5S/c1-32-24(29)21-15-19(7-9-22(21)25)26-23(28)17-10-12-27(13-11-17)33(30,31)20-8-6-16-4-2-3-5-18(16)14-20/h2-9,14-15,17H,10-13H2,1H3,(H,26,28). The van der Waals surface area contributed by atoms with Crippen molar-refractivity contribution in [1.29, 1.82) is 0 Å². The number of nitrogens with zero attached hydrogens (tertiary/aromatic N) is 1. The summed E-state index contributed by atoms with van der Waals surface area (Å²) < 4.78 is 32.4. The molecule has 0 aromatic heterocycles. The number of hydrogen-bond donors (Lipinski definition) is 1. The monoisotopic (exact) mass is 486 g/mol. The first-order valence-corrected chi connectivity index (χ1v) is 12.3. The number of anilines is 1. The molecule has 0 bridgehead atoms. The largest absolute Gasteiger partial charge is 0.465 e. The van der Waals surface area contributed by atoms with E-state index in [4.69, 9.17) is 16.3 Å². The Morgan fingerprint density at radius 1 is 1.00 bits per heavy atom. The van der Waals surface area contributed by atoms with Gasteiger partial charge in [-0.25, -0.2) is 13.2 Å². The topological polar surface area (TPSA) is 92.8 Å². The van der Waals surface area contributed by atoms with Crippen LogP contribution in [0.1, 0.15) is 23.2 Å². The van der Waals surface area contributed by atoms with E-state index in [0.29, 0.717) is 18.5 Å². The van der Waals surface area contributed by atoms with Crippen LogP contribution in [0.25, 0.3) is 10.8 Å². The number of rotatable bonds is 5. The Balaban J connectivity index is 1.42. The van der Waals surface area contributed by atoms with Crippen LogP contribution in [-0.2, 0) is 19.6 Å². The Morgan fingerprint density at radius 2 is 1.70 bits per heavy atom. The van der Waals surface area contributed by atoms with E-state index in [2.05, 4.69) is 5.32 Å². The Hall–Kier alpha value is -2.94. The summed E-state index contributed by atoms with van der Waals surface area (Å²) in [7, 11) is -2.40. The molecule has 4 rings (SSSR count). The third-order valence-electron chi connectivity index (χ3n) is 5.82. The molecular weight excluding hydrogens is 464 g/mol. The molecule has 1 N–H and O–H groups in total. The van der Waals surface area contributed by atoms with Crippen LogP contribution in [0, 0.1) is 5.92 Å². The van der Waals surface area contributed by atoms with Gasteiger partial charge in [-0.1, -0.05) is 41.9 Å². The average molecular weight is 487 g/mol. The number of benzene rings is 3. The van der Waals surface area contributed by atoms with Crippen molar-refractivity contribution in [2.45, 2.75) is 17.7 Å². The summed E-state index contributed by atoms with van der Waals surface area (Å²) >= 11 is 6.02. The predicted molar refractivity (Wildman–Crippen MR) is 127 cm³/mol. The number of sulfonamides is 1. The summed E-state index contributed by atoms with van der Waals surface area (Å²) in [6.07, 6.45) is 0.798. The summed E-state index contributed by atoms with van der Waals surface area (Å²) in [5.41, 5.74) is 0.587. The van der Waals surface area contributed by atoms with Crippen LogP contribution >= 0.6 is 11.6 Å². The van der Waals surface area contributed by atoms with E-state index in [0.717, 1.165) is 10.8 Å². The fourth-order valence-corrected chi connectivity index (χ4v) is 5.65. The summed E-state index contributed by atoms with van der Waals surface area (Å²) in [4.78, 5) is 24.8. The number of nitrogens with one attached hydrogen (secondary N) is 1. The summed E-state index contributed by atoms with van der Waals surface area (Å²) in [6.45, 7) is 0.503. The quantitative estimate of drug-likeness (QED) is 0.542. The Labute approximate surface area is 197 Å². The van der Waals surface area contributed by atoms with E-state index >= 15 is 0 Å². The molecule has 1 heterocycles. The molecule has 1 amide bonds. The van der Waals surface area contributed by atoms with Crippen LogP contribution in [0.4, 0.5) is 5.69 Å². The molecule has 0 aliphatic carbocycles. The van der Waals surface area contributed by atoms with Crippen molar-refractivity contribution in [2.24, 2.45) is 5.92 Å². The minimum atomic E-state index is -3.65. The van der Waals surface area contributed by atoms with Gasteiger partial charge in [-0.3, -0.25) is 4.79 Å². The second kappa shape index (κ2) is 9.51. The molecule has 1 aliphatic heterocycles. The van der Waals surface area contributed by atoms with E-state index in [1.165, 1.54) is 23.5 Å². The van der Waals surface area contributed by atoms with Crippen LogP contribution in [0.2, 0.25) is 5.02 Å². The molecule has 9 heteroatoms. The number of amides is 1. The maximum atomic E-state index is 13.1. The highest BCUT2D eigenvalue weighted by Gasteiger charge is 2.32. The van der Waals surface area contributed by atoms with Crippen molar-refractivity contribution < 1.29 is 22.7 Å². The zero-order valence-electron chi connectivity index (χ0n) is 18.0. The summed E-state index contributed by atoms with van der Waals surface area (Å²) in [5.74, 6) is -1.16. The van der Waals surface area contributed by atoms with E-state index in [-0.39, 0.29) is 40.4 Å². The molecule has 0 unspecified atom stereocenters. The molecule has 3 aromatic rings. The number of esters is 1. The molecule has 0 radical (unpaired) electrons. The van der Waals surface area contributed by atoms with Gasteiger partial charge in [0, 0.05) is 24.7 Å². The Bertz CT molecular complexity index is 1320. The number of piperidine rings is 1. The molecule has 33 heavy (non-hydrogen) atoms. The van der Waals surface area contributed by atoms with E-state index in [9.17, 15) is 18.0 Å². The zero-order chi connectivity index (χ0) is 23.6. The number of ether oxygens (including phenoxy) is 1. The van der Waals surface area contributed by atoms with Crippen molar-refractivity contribution in [3.8, 4) is 0 Å². The van der Waals surface area contributed by atoms with E-state index < -0.39 is 16.0 Å². The first-order valence-electron chi connectivity index (χ1n) is 10.5. The second-order valence-electron chi connectivity index (χ2n) is 7.86. The molecule has 1 saturated heterocycles. The number of carbonyl (C=O) groups excluding carboxylic acids is 2. The van der Waals surface area contributed by atoms with Gasteiger partial charge < -0.3 is 10.1 Å². The normalized spacial score (nSPS) is 15.3. The molecule has 0 spiro atoms. The van der Waals surface area contributed by atoms with Crippen LogP contribution in [-0.4, -0.2) is 44.8 Å². The number of fused-ring (bicyclic) bond motifs is 1. The highest BCUT2D eigenvalue weighted by Crippen LogP contribution is 2.28. The Morgan fingerprint density at radius 3 is 2.39 bits per heavy atom. The maximum Gasteiger partial charge on any atom is 0.339 e. The maximum absolute atomic E-state index is 13.1. The zero-order valence-corrected chi connectivity index (χ0v) is 19.5. The molecular formula is C24H23ClN2O5S. The highest BCUT2D eigenvalue weighted by atomic mass is 35.5. The molecule has 0 atom stereocenters. The van der Waals surface area contributed by atoms with Gasteiger partial charge in [-0.15, -0.1) is 0 Å². The third kappa shape index (κ3) is 4.88. The lowest BCUT2D eigenvalue weighted by atomic mass is 9.97. The van der Waals surface area contributed by atoms with Crippen LogP contribution in [0.15, 0.2) is 65.6 Å². The van der Waals surface area contributed by atoms with Crippen molar-refractivity contribution >= 4 is 50.0 Å². The minimum Gasteiger partial charge on any atom is -0.465 e. The van der Waals surface area contributed by atoms with Gasteiger partial charge in [-0.2, -0.15) is 4.31 Å². The fourth-order valence-electron chi connectivity index (χ4n) is 3.95. The van der Waals surface area contributed by atoms with E-state index in [1.54, 1.807) is 24.3 Å². The lowest BCUT2D eigenvalue weighted by Crippen LogP contribution is -2.41. The summed E-state index contributed by atoms with van der Waals surface area (Å²) in [6, 6.07) is 17.3. The van der Waals surface area contributed by atoms with Crippen molar-refractivity contribution in [3.05, 3.63) is 71.2 Å². The highest BCUT2D eigenvalue weighted by molar-refractivity contribution is 7.89. The average Bonchev–Trinajstić information content (AvgIpc) is 2.84. The summed E-state index contributed by atoms with van der Waals surface area (Å²) in [5, 5.41) is 4.86. The molecule has 1 aliphatic rings. The van der Waals surface area contributed by atoms with Crippen molar-refractivity contribution in [1.82, 2.24) is 4.31 Å². The number of hydrogen-bond acceptors (Lipinski definition) is 5. The third-order valence-corrected chi connectivity index (χ3v) is 8.05. The fraction of sp³-hybridized carbons (Fsp3) is 0.250. The van der Waals surface area contributed by atoms with Crippen LogP contribution < -0.4 is 5.32 Å². The Kier molecular flexibility index (Phi) is 6.69. The molecule has 172 valence electrons. The molecule has 3 aromatic carbocycles. The van der Waals surface area contributed by atoms with Gasteiger partial charge in [0.1, 0.15) is 0 Å². The van der Waals surface area contributed by atoms with Gasteiger partial charge in [-0.05, 0) is 53.9 Å². The molecule has 7 nitrogen and oxygen atoms in total. The molecule has 1 fully saturated rings. The van der Waals surface area contributed by atoms with Crippen molar-refractivity contribution in [2.75, 3.05) is 25.5 Å². The number of halogens is 1. The minimum absolute atomic E-state index is 0.160. The number of carbonyl (C=O) groups is 2. The predicted octanol–water partition coefficient (Wildman–Crippen LogP) is 4.32. The van der Waals surface area contributed by atoms with Gasteiger partial charge >= 0.3 is 5.97 Å². The number of methoxy groups -OCH3 is 1. The van der Waals surface area contributed by atoms with Gasteiger partial charge in [0.05, 0.1) is 22.6 Å². The SMILES string of the molecule is COC(=O)c1cc(NC(=O)C2CCN(S(=O)(=O)c3ccc4ccccc4c3)CC2)ccc1Cl. The lowest BCUT2D eigenvalue weighted by molar-refractivity contribution is -0.120. The van der Waals surface area contributed by atoms with Crippen LogP contribution in [0.3, 0.4) is 0 Å². The smallest absolute Gasteiger partial charge is 0.339 e. The van der Waals surface area contributed by atoms with Gasteiger partial charge in [0.15, 0.2) is 0 Å². The van der Waals surface area contributed by atoms with Gasteiger partial charge in [0.2, 0.25) is 15.9 Å². The first kappa shape index (κ1) is 23.2.